The predicted molar refractivity (Wildman–Crippen MR) is 223 cm³/mol. The Balaban J connectivity index is 0.808. The van der Waals surface area contributed by atoms with Gasteiger partial charge in [0.2, 0.25) is 5.91 Å². The van der Waals surface area contributed by atoms with E-state index in [0.717, 1.165) is 84.7 Å². The van der Waals surface area contributed by atoms with Crippen LogP contribution in [-0.4, -0.2) is 92.1 Å². The number of benzene rings is 2. The molecular formula is C44H51F2N7O6S. The molecule has 3 fully saturated rings. The van der Waals surface area contributed by atoms with Gasteiger partial charge in [0.05, 0.1) is 32.0 Å². The van der Waals surface area contributed by atoms with E-state index in [0.29, 0.717) is 52.4 Å². The van der Waals surface area contributed by atoms with Gasteiger partial charge < -0.3 is 31.1 Å². The van der Waals surface area contributed by atoms with Gasteiger partial charge in [-0.1, -0.05) is 12.1 Å². The van der Waals surface area contributed by atoms with E-state index in [1.807, 2.05) is 6.07 Å². The lowest BCUT2D eigenvalue weighted by Crippen LogP contribution is -2.55. The lowest BCUT2D eigenvalue weighted by molar-refractivity contribution is -0.131. The smallest absolute Gasteiger partial charge is 0.280 e. The minimum Gasteiger partial charge on any atom is -0.386 e. The molecule has 3 aliphatic heterocycles. The molecule has 0 radical (unpaired) electrons. The first-order chi connectivity index (χ1) is 28.7. The van der Waals surface area contributed by atoms with Gasteiger partial charge in [-0.25, -0.2) is 18.7 Å². The molecule has 1 aliphatic carbocycles. The SMILES string of the molecule is CC(C)(O)c1cc2nc(C3CCC(CN4CCC(CCNc5cccc6c5C(=O)N(C5CCC(O)NC5=O)C6=O)CC4)CC3)sc2cc1NC(=O)c1cccc(C(F)F)n1. The molecule has 8 rings (SSSR count). The molecule has 2 aromatic heterocycles. The quantitative estimate of drug-likeness (QED) is 0.0955. The Labute approximate surface area is 351 Å². The number of nitrogens with one attached hydrogen (secondary N) is 3. The van der Waals surface area contributed by atoms with Crippen LogP contribution in [0.25, 0.3) is 10.2 Å². The first-order valence-electron chi connectivity index (χ1n) is 20.9. The molecule has 318 valence electrons. The van der Waals surface area contributed by atoms with Gasteiger partial charge in [0.25, 0.3) is 24.1 Å². The highest BCUT2D eigenvalue weighted by molar-refractivity contribution is 7.18. The standard InChI is InChI=1S/C44H51F2N7O6S/c1-44(2,59)28-21-33-35(22-32(28)49-39(55)31-8-4-7-30(48-31)38(45)46)60-41(50-33)26-11-9-25(10-12-26)23-52-19-16-24(17-20-52)15-18-47-29-6-3-5-27-37(29)43(58)53(42(27)57)34-13-14-36(54)51-40(34)56/h3-8,21-22,24-26,34,36,38,47,54,59H,9-20,23H2,1-2H3,(H,49,55)(H,51,56). The molecule has 5 heterocycles. The van der Waals surface area contributed by atoms with Crippen molar-refractivity contribution in [2.24, 2.45) is 11.8 Å². The number of fused-ring (bicyclic) bond motifs is 2. The van der Waals surface area contributed by atoms with Crippen molar-refractivity contribution in [1.29, 1.82) is 0 Å². The number of aromatic nitrogens is 2. The number of likely N-dealkylation sites (tertiary alicyclic amines) is 1. The summed E-state index contributed by atoms with van der Waals surface area (Å²) in [6.45, 7) is 7.08. The monoisotopic (exact) mass is 843 g/mol. The summed E-state index contributed by atoms with van der Waals surface area (Å²) in [7, 11) is 0. The highest BCUT2D eigenvalue weighted by atomic mass is 32.1. The number of rotatable bonds is 12. The van der Waals surface area contributed by atoms with Crippen molar-refractivity contribution in [3.05, 3.63) is 81.6 Å². The Morgan fingerprint density at radius 1 is 0.933 bits per heavy atom. The van der Waals surface area contributed by atoms with Crippen LogP contribution in [0, 0.1) is 11.8 Å². The number of carbonyl (C=O) groups is 4. The van der Waals surface area contributed by atoms with Gasteiger partial charge in [0, 0.05) is 35.9 Å². The normalized spacial score (nSPS) is 23.0. The number of anilines is 2. The van der Waals surface area contributed by atoms with Gasteiger partial charge in [-0.3, -0.25) is 24.1 Å². The van der Waals surface area contributed by atoms with Crippen molar-refractivity contribution in [2.75, 3.05) is 36.8 Å². The van der Waals surface area contributed by atoms with Crippen LogP contribution >= 0.6 is 11.3 Å². The maximum Gasteiger partial charge on any atom is 0.280 e. The molecule has 2 saturated heterocycles. The summed E-state index contributed by atoms with van der Waals surface area (Å²) in [6.07, 6.45) is 4.14. The molecule has 60 heavy (non-hydrogen) atoms. The summed E-state index contributed by atoms with van der Waals surface area (Å²) < 4.78 is 27.4. The molecule has 4 aromatic rings. The molecule has 2 unspecified atom stereocenters. The van der Waals surface area contributed by atoms with Crippen molar-refractivity contribution in [3.8, 4) is 0 Å². The summed E-state index contributed by atoms with van der Waals surface area (Å²) >= 11 is 1.59. The number of hydrogen-bond acceptors (Lipinski definition) is 11. The van der Waals surface area contributed by atoms with E-state index in [-0.39, 0.29) is 18.5 Å². The number of thiazole rings is 1. The van der Waals surface area contributed by atoms with Crippen LogP contribution in [0.15, 0.2) is 48.5 Å². The lowest BCUT2D eigenvalue weighted by atomic mass is 9.81. The number of aliphatic hydroxyl groups is 2. The van der Waals surface area contributed by atoms with E-state index in [1.165, 1.54) is 18.2 Å². The zero-order valence-electron chi connectivity index (χ0n) is 33.8. The third-order valence-electron chi connectivity index (χ3n) is 12.5. The van der Waals surface area contributed by atoms with Crippen LogP contribution in [0.5, 0.6) is 0 Å². The second-order valence-electron chi connectivity index (χ2n) is 17.2. The molecule has 0 spiro atoms. The Bertz CT molecular complexity index is 2280. The number of piperidine rings is 2. The third kappa shape index (κ3) is 8.78. The van der Waals surface area contributed by atoms with E-state index in [9.17, 15) is 38.2 Å². The molecule has 16 heteroatoms. The predicted octanol–water partition coefficient (Wildman–Crippen LogP) is 6.79. The van der Waals surface area contributed by atoms with Crippen LogP contribution in [0.3, 0.4) is 0 Å². The fourth-order valence-corrected chi connectivity index (χ4v) is 10.4. The molecule has 2 atom stereocenters. The minimum absolute atomic E-state index is 0.134. The molecule has 4 aliphatic rings. The highest BCUT2D eigenvalue weighted by Crippen LogP contribution is 2.42. The van der Waals surface area contributed by atoms with Gasteiger partial charge in [-0.2, -0.15) is 0 Å². The number of nitrogens with zero attached hydrogens (tertiary/aromatic N) is 4. The Kier molecular flexibility index (Phi) is 12.0. The fraction of sp³-hybridized carbons (Fsp3) is 0.500. The highest BCUT2D eigenvalue weighted by Gasteiger charge is 2.45. The number of imide groups is 1. The van der Waals surface area contributed by atoms with Crippen LogP contribution in [0.4, 0.5) is 20.2 Å². The second kappa shape index (κ2) is 17.2. The number of aliphatic hydroxyl groups excluding tert-OH is 1. The summed E-state index contributed by atoms with van der Waals surface area (Å²) in [5.74, 6) is -0.636. The molecule has 5 N–H and O–H groups in total. The van der Waals surface area contributed by atoms with Gasteiger partial charge in [-0.15, -0.1) is 11.3 Å². The average Bonchev–Trinajstić information content (AvgIpc) is 3.75. The van der Waals surface area contributed by atoms with Crippen molar-refractivity contribution >= 4 is 56.6 Å². The number of alkyl halides is 2. The molecule has 0 bridgehead atoms. The number of amides is 4. The van der Waals surface area contributed by atoms with E-state index in [2.05, 4.69) is 25.8 Å². The van der Waals surface area contributed by atoms with Crippen molar-refractivity contribution < 1.29 is 38.2 Å². The van der Waals surface area contributed by atoms with E-state index >= 15 is 0 Å². The number of halogens is 2. The Morgan fingerprint density at radius 2 is 1.68 bits per heavy atom. The first kappa shape index (κ1) is 41.8. The summed E-state index contributed by atoms with van der Waals surface area (Å²) in [6, 6.07) is 11.8. The molecular weight excluding hydrogens is 793 g/mol. The van der Waals surface area contributed by atoms with Gasteiger partial charge in [-0.05, 0) is 133 Å². The van der Waals surface area contributed by atoms with Crippen LogP contribution in [0.2, 0.25) is 0 Å². The molecule has 1 saturated carbocycles. The Hall–Kier alpha value is -4.90. The summed E-state index contributed by atoms with van der Waals surface area (Å²) in [5, 5.41) is 30.5. The lowest BCUT2D eigenvalue weighted by Gasteiger charge is -2.36. The maximum atomic E-state index is 13.5. The Morgan fingerprint density at radius 3 is 2.40 bits per heavy atom. The zero-order chi connectivity index (χ0) is 42.3. The van der Waals surface area contributed by atoms with Crippen LogP contribution in [-0.2, 0) is 10.4 Å². The van der Waals surface area contributed by atoms with Crippen molar-refractivity contribution in [3.63, 3.8) is 0 Å². The second-order valence-corrected chi connectivity index (χ2v) is 18.2. The van der Waals surface area contributed by atoms with Crippen molar-refractivity contribution in [2.45, 2.75) is 102 Å². The van der Waals surface area contributed by atoms with Crippen molar-refractivity contribution in [1.82, 2.24) is 25.1 Å². The first-order valence-corrected chi connectivity index (χ1v) is 21.7. The van der Waals surface area contributed by atoms with E-state index in [1.54, 1.807) is 49.4 Å². The third-order valence-corrected chi connectivity index (χ3v) is 13.7. The average molecular weight is 844 g/mol. The van der Waals surface area contributed by atoms with Crippen LogP contribution < -0.4 is 16.0 Å². The zero-order valence-corrected chi connectivity index (χ0v) is 34.6. The largest absolute Gasteiger partial charge is 0.386 e. The number of hydrogen-bond donors (Lipinski definition) is 5. The number of pyridine rings is 1. The molecule has 4 amide bonds. The summed E-state index contributed by atoms with van der Waals surface area (Å²) in [4.78, 5) is 64.8. The molecule has 2 aromatic carbocycles. The topological polar surface area (TPSA) is 177 Å². The van der Waals surface area contributed by atoms with Gasteiger partial charge in [0.1, 0.15) is 23.7 Å². The van der Waals surface area contributed by atoms with E-state index < -0.39 is 53.6 Å². The van der Waals surface area contributed by atoms with Gasteiger partial charge >= 0.3 is 0 Å². The summed E-state index contributed by atoms with van der Waals surface area (Å²) in [5.41, 5.74) is 0.901. The van der Waals surface area contributed by atoms with Crippen LogP contribution in [0.1, 0.15) is 131 Å². The fourth-order valence-electron chi connectivity index (χ4n) is 9.25. The minimum atomic E-state index is -2.80. The van der Waals surface area contributed by atoms with E-state index in [4.69, 9.17) is 4.98 Å². The van der Waals surface area contributed by atoms with Gasteiger partial charge in [0.15, 0.2) is 0 Å². The number of carbonyl (C=O) groups excluding carboxylic acids is 4. The molecule has 13 nitrogen and oxygen atoms in total. The maximum absolute atomic E-state index is 13.5.